The van der Waals surface area contributed by atoms with Gasteiger partial charge in [0.05, 0.1) is 12.3 Å². The molecular formula is C19H19FN4O. The fourth-order valence-corrected chi connectivity index (χ4v) is 3.37. The molecule has 0 bridgehead atoms. The molecule has 4 rings (SSSR count). The van der Waals surface area contributed by atoms with E-state index in [0.717, 1.165) is 22.4 Å². The van der Waals surface area contributed by atoms with Crippen molar-refractivity contribution >= 4 is 11.5 Å². The average Bonchev–Trinajstić information content (AvgIpc) is 2.90. The number of halogens is 1. The Labute approximate surface area is 145 Å². The summed E-state index contributed by atoms with van der Waals surface area (Å²) in [6, 6.07) is 10.5. The number of amidine groups is 1. The second-order valence-electron chi connectivity index (χ2n) is 6.34. The fraction of sp³-hybridized carbons (Fsp3) is 0.263. The third-order valence-corrected chi connectivity index (χ3v) is 4.73. The molecule has 2 aromatic carbocycles. The van der Waals surface area contributed by atoms with Crippen LogP contribution in [-0.4, -0.2) is 18.2 Å². The summed E-state index contributed by atoms with van der Waals surface area (Å²) in [4.78, 5) is 9.28. The third-order valence-electron chi connectivity index (χ3n) is 4.73. The molecule has 2 aliphatic rings. The zero-order valence-corrected chi connectivity index (χ0v) is 13.9. The van der Waals surface area contributed by atoms with Crippen molar-refractivity contribution in [3.05, 3.63) is 53.3 Å². The summed E-state index contributed by atoms with van der Waals surface area (Å²) in [5, 5.41) is 0. The van der Waals surface area contributed by atoms with E-state index in [9.17, 15) is 4.39 Å². The predicted octanol–water partition coefficient (Wildman–Crippen LogP) is 2.72. The van der Waals surface area contributed by atoms with Crippen LogP contribution < -0.4 is 16.2 Å². The molecule has 1 unspecified atom stereocenters. The highest BCUT2D eigenvalue weighted by Gasteiger charge is 2.41. The largest absolute Gasteiger partial charge is 0.493 e. The SMILES string of the molecule is CC1=NC2(CCOc3ccc(-c4cc(CN)ccc4F)cc32)N=C1N. The molecule has 1 atom stereocenters. The van der Waals surface area contributed by atoms with Gasteiger partial charge in [0.15, 0.2) is 5.66 Å². The smallest absolute Gasteiger partial charge is 0.185 e. The maximum absolute atomic E-state index is 14.4. The Bertz CT molecular complexity index is 902. The summed E-state index contributed by atoms with van der Waals surface area (Å²) in [5.74, 6) is 0.854. The van der Waals surface area contributed by atoms with E-state index in [2.05, 4.69) is 9.98 Å². The van der Waals surface area contributed by atoms with Crippen LogP contribution in [0, 0.1) is 5.82 Å². The minimum Gasteiger partial charge on any atom is -0.493 e. The van der Waals surface area contributed by atoms with Crippen LogP contribution in [0.4, 0.5) is 4.39 Å². The van der Waals surface area contributed by atoms with Crippen LogP contribution in [0.2, 0.25) is 0 Å². The summed E-state index contributed by atoms with van der Waals surface area (Å²) in [5.41, 5.74) is 14.5. The van der Waals surface area contributed by atoms with Crippen LogP contribution in [0.3, 0.4) is 0 Å². The van der Waals surface area contributed by atoms with Gasteiger partial charge < -0.3 is 16.2 Å². The van der Waals surface area contributed by atoms with E-state index in [1.165, 1.54) is 6.07 Å². The molecule has 0 radical (unpaired) electrons. The Morgan fingerprint density at radius 3 is 2.76 bits per heavy atom. The van der Waals surface area contributed by atoms with Crippen molar-refractivity contribution < 1.29 is 9.13 Å². The first-order valence-electron chi connectivity index (χ1n) is 8.21. The van der Waals surface area contributed by atoms with Crippen LogP contribution in [0.15, 0.2) is 46.4 Å². The molecular weight excluding hydrogens is 319 g/mol. The van der Waals surface area contributed by atoms with Gasteiger partial charge in [-0.15, -0.1) is 0 Å². The molecule has 0 saturated heterocycles. The molecule has 128 valence electrons. The highest BCUT2D eigenvalue weighted by Crippen LogP contribution is 2.45. The number of nitrogens with two attached hydrogens (primary N) is 2. The van der Waals surface area contributed by atoms with Gasteiger partial charge in [0, 0.05) is 24.1 Å². The number of hydrogen-bond acceptors (Lipinski definition) is 5. The zero-order chi connectivity index (χ0) is 17.6. The lowest BCUT2D eigenvalue weighted by molar-refractivity contribution is 0.225. The highest BCUT2D eigenvalue weighted by atomic mass is 19.1. The van der Waals surface area contributed by atoms with E-state index < -0.39 is 5.66 Å². The maximum Gasteiger partial charge on any atom is 0.185 e. The van der Waals surface area contributed by atoms with Gasteiger partial charge in [-0.25, -0.2) is 9.38 Å². The van der Waals surface area contributed by atoms with Gasteiger partial charge >= 0.3 is 0 Å². The standard InChI is InChI=1S/C19H19FN4O/c1-11-18(22)24-19(23-11)6-7-25-17-5-3-13(9-15(17)19)14-8-12(10-21)2-4-16(14)20/h2-5,8-9H,6-7,10,21H2,1H3,(H2,22,24). The van der Waals surface area contributed by atoms with Gasteiger partial charge in [0.25, 0.3) is 0 Å². The second-order valence-corrected chi connectivity index (χ2v) is 6.34. The van der Waals surface area contributed by atoms with E-state index in [0.29, 0.717) is 36.7 Å². The molecule has 1 spiro atoms. The number of fused-ring (bicyclic) bond motifs is 2. The molecule has 6 heteroatoms. The van der Waals surface area contributed by atoms with Crippen molar-refractivity contribution in [1.29, 1.82) is 0 Å². The minimum atomic E-state index is -0.764. The molecule has 0 amide bonds. The Hall–Kier alpha value is -2.73. The first-order valence-corrected chi connectivity index (χ1v) is 8.21. The lowest BCUT2D eigenvalue weighted by atomic mass is 9.90. The quantitative estimate of drug-likeness (QED) is 0.883. The number of aliphatic imine (C=N–C) groups is 2. The van der Waals surface area contributed by atoms with Gasteiger partial charge in [-0.3, -0.25) is 4.99 Å². The first-order chi connectivity index (χ1) is 12.0. The highest BCUT2D eigenvalue weighted by molar-refractivity contribution is 6.41. The van der Waals surface area contributed by atoms with Gasteiger partial charge in [0.2, 0.25) is 0 Å². The molecule has 5 nitrogen and oxygen atoms in total. The van der Waals surface area contributed by atoms with Gasteiger partial charge in [0.1, 0.15) is 17.4 Å². The number of rotatable bonds is 2. The molecule has 0 fully saturated rings. The zero-order valence-electron chi connectivity index (χ0n) is 13.9. The molecule has 0 aromatic heterocycles. The summed E-state index contributed by atoms with van der Waals surface area (Å²) in [7, 11) is 0. The van der Waals surface area contributed by atoms with Crippen molar-refractivity contribution in [3.63, 3.8) is 0 Å². The van der Waals surface area contributed by atoms with E-state index in [1.807, 2.05) is 25.1 Å². The molecule has 0 aliphatic carbocycles. The van der Waals surface area contributed by atoms with Crippen LogP contribution in [0.5, 0.6) is 5.75 Å². The molecule has 2 aromatic rings. The number of ether oxygens (including phenoxy) is 1. The molecule has 25 heavy (non-hydrogen) atoms. The second kappa shape index (κ2) is 5.67. The van der Waals surface area contributed by atoms with Crippen molar-refractivity contribution in [2.45, 2.75) is 25.6 Å². The topological polar surface area (TPSA) is 86.0 Å². The van der Waals surface area contributed by atoms with E-state index in [-0.39, 0.29) is 5.82 Å². The Kier molecular flexibility index (Phi) is 3.58. The molecule has 2 aliphatic heterocycles. The van der Waals surface area contributed by atoms with Gasteiger partial charge in [-0.05, 0) is 42.3 Å². The predicted molar refractivity (Wildman–Crippen MR) is 96.2 cm³/mol. The summed E-state index contributed by atoms with van der Waals surface area (Å²) in [6.07, 6.45) is 0.604. The van der Waals surface area contributed by atoms with E-state index >= 15 is 0 Å². The van der Waals surface area contributed by atoms with Crippen molar-refractivity contribution in [1.82, 2.24) is 0 Å². The van der Waals surface area contributed by atoms with Crippen LogP contribution >= 0.6 is 0 Å². The summed E-state index contributed by atoms with van der Waals surface area (Å²) >= 11 is 0. The number of hydrogen-bond donors (Lipinski definition) is 2. The summed E-state index contributed by atoms with van der Waals surface area (Å²) < 4.78 is 20.1. The first kappa shape index (κ1) is 15.8. The van der Waals surface area contributed by atoms with Crippen LogP contribution in [0.25, 0.3) is 11.1 Å². The van der Waals surface area contributed by atoms with Gasteiger partial charge in [-0.2, -0.15) is 0 Å². The normalized spacial score (nSPS) is 21.6. The monoisotopic (exact) mass is 338 g/mol. The lowest BCUT2D eigenvalue weighted by Gasteiger charge is -2.31. The molecule has 0 saturated carbocycles. The van der Waals surface area contributed by atoms with Crippen molar-refractivity contribution in [3.8, 4) is 16.9 Å². The van der Waals surface area contributed by atoms with Crippen molar-refractivity contribution in [2.24, 2.45) is 21.5 Å². The Morgan fingerprint density at radius 1 is 1.20 bits per heavy atom. The molecule has 4 N–H and O–H groups in total. The number of nitrogens with zero attached hydrogens (tertiary/aromatic N) is 2. The Morgan fingerprint density at radius 2 is 2.04 bits per heavy atom. The number of benzene rings is 2. The van der Waals surface area contributed by atoms with E-state index in [1.54, 1.807) is 12.1 Å². The average molecular weight is 338 g/mol. The minimum absolute atomic E-state index is 0.294. The maximum atomic E-state index is 14.4. The lowest BCUT2D eigenvalue weighted by Crippen LogP contribution is -2.28. The fourth-order valence-electron chi connectivity index (χ4n) is 3.37. The Balaban J connectivity index is 1.88. The van der Waals surface area contributed by atoms with Gasteiger partial charge in [-0.1, -0.05) is 12.1 Å². The van der Waals surface area contributed by atoms with E-state index in [4.69, 9.17) is 16.2 Å². The van der Waals surface area contributed by atoms with Crippen molar-refractivity contribution in [2.75, 3.05) is 6.61 Å². The van der Waals surface area contributed by atoms with Crippen LogP contribution in [-0.2, 0) is 12.2 Å². The molecule has 2 heterocycles. The summed E-state index contributed by atoms with van der Waals surface area (Å²) in [6.45, 7) is 2.71. The third kappa shape index (κ3) is 2.49. The van der Waals surface area contributed by atoms with Crippen LogP contribution in [0.1, 0.15) is 24.5 Å².